The summed E-state index contributed by atoms with van der Waals surface area (Å²) >= 11 is 3.04. The zero-order chi connectivity index (χ0) is 22.7. The van der Waals surface area contributed by atoms with Crippen LogP contribution in [0.4, 0.5) is 0 Å². The lowest BCUT2D eigenvalue weighted by molar-refractivity contribution is -0.117. The van der Waals surface area contributed by atoms with Crippen LogP contribution in [0.3, 0.4) is 0 Å². The Hall–Kier alpha value is -3.36. The zero-order valence-corrected chi connectivity index (χ0v) is 19.7. The standard InChI is InChI=1S/C25H20N4O2S2/c1-14-15(2)33-23-20(14)24(31)28(13-26-23)29-19(30)12-32-25(29)21-17-10-6-7-11-18(17)27-22(21)16-8-4-3-5-9-16/h3-11,13,25,27H,12H2,1-2H3. The van der Waals surface area contributed by atoms with E-state index in [0.29, 0.717) is 16.0 Å². The summed E-state index contributed by atoms with van der Waals surface area (Å²) in [6, 6.07) is 18.2. The van der Waals surface area contributed by atoms with Crippen molar-refractivity contribution in [3.63, 3.8) is 0 Å². The van der Waals surface area contributed by atoms with E-state index < -0.39 is 0 Å². The molecule has 1 N–H and O–H groups in total. The third-order valence-electron chi connectivity index (χ3n) is 6.20. The topological polar surface area (TPSA) is 71.0 Å². The van der Waals surface area contributed by atoms with E-state index in [-0.39, 0.29) is 16.8 Å². The summed E-state index contributed by atoms with van der Waals surface area (Å²) < 4.78 is 1.41. The number of nitrogens with zero attached hydrogens (tertiary/aromatic N) is 3. The molecule has 6 rings (SSSR count). The predicted molar refractivity (Wildman–Crippen MR) is 136 cm³/mol. The van der Waals surface area contributed by atoms with Crippen LogP contribution in [-0.4, -0.2) is 26.3 Å². The maximum atomic E-state index is 13.5. The minimum Gasteiger partial charge on any atom is -0.354 e. The number of para-hydroxylation sites is 1. The van der Waals surface area contributed by atoms with Gasteiger partial charge in [0.2, 0.25) is 0 Å². The first kappa shape index (κ1) is 20.3. The lowest BCUT2D eigenvalue weighted by Gasteiger charge is -2.26. The number of H-pyrrole nitrogens is 1. The highest BCUT2D eigenvalue weighted by molar-refractivity contribution is 8.00. The molecule has 0 spiro atoms. The maximum absolute atomic E-state index is 13.5. The number of rotatable bonds is 3. The van der Waals surface area contributed by atoms with E-state index in [1.54, 1.807) is 5.01 Å². The molecule has 1 saturated heterocycles. The number of aromatic amines is 1. The summed E-state index contributed by atoms with van der Waals surface area (Å²) in [6.45, 7) is 3.93. The van der Waals surface area contributed by atoms with Crippen molar-refractivity contribution in [1.82, 2.24) is 14.6 Å². The van der Waals surface area contributed by atoms with Crippen molar-refractivity contribution >= 4 is 50.1 Å². The van der Waals surface area contributed by atoms with Gasteiger partial charge >= 0.3 is 0 Å². The van der Waals surface area contributed by atoms with Crippen molar-refractivity contribution in [3.8, 4) is 11.3 Å². The van der Waals surface area contributed by atoms with Crippen molar-refractivity contribution < 1.29 is 4.79 Å². The first-order valence-corrected chi connectivity index (χ1v) is 12.5. The fourth-order valence-electron chi connectivity index (χ4n) is 4.49. The first-order chi connectivity index (χ1) is 16.0. The number of fused-ring (bicyclic) bond motifs is 2. The average Bonchev–Trinajstić information content (AvgIpc) is 3.48. The lowest BCUT2D eigenvalue weighted by Crippen LogP contribution is -2.44. The van der Waals surface area contributed by atoms with Gasteiger partial charge in [-0.3, -0.25) is 9.59 Å². The molecular formula is C25H20N4O2S2. The molecule has 1 aliphatic rings. The van der Waals surface area contributed by atoms with Gasteiger partial charge in [0.05, 0.1) is 16.8 Å². The maximum Gasteiger partial charge on any atom is 0.281 e. The molecule has 1 atom stereocenters. The molecule has 0 saturated carbocycles. The largest absolute Gasteiger partial charge is 0.354 e. The van der Waals surface area contributed by atoms with Gasteiger partial charge in [-0.15, -0.1) is 23.1 Å². The number of nitrogens with one attached hydrogen (secondary N) is 1. The highest BCUT2D eigenvalue weighted by atomic mass is 32.2. The van der Waals surface area contributed by atoms with Gasteiger partial charge in [-0.05, 0) is 31.0 Å². The van der Waals surface area contributed by atoms with Gasteiger partial charge in [0.25, 0.3) is 11.5 Å². The van der Waals surface area contributed by atoms with Gasteiger partial charge in [0, 0.05) is 21.3 Å². The van der Waals surface area contributed by atoms with Crippen molar-refractivity contribution in [1.29, 1.82) is 0 Å². The number of hydrogen-bond acceptors (Lipinski definition) is 5. The second-order valence-electron chi connectivity index (χ2n) is 8.08. The molecule has 1 unspecified atom stereocenters. The molecule has 4 heterocycles. The van der Waals surface area contributed by atoms with Crippen LogP contribution in [-0.2, 0) is 4.79 Å². The monoisotopic (exact) mass is 472 g/mol. The zero-order valence-electron chi connectivity index (χ0n) is 18.0. The van der Waals surface area contributed by atoms with Gasteiger partial charge in [0.15, 0.2) is 0 Å². The molecule has 0 radical (unpaired) electrons. The molecule has 1 amide bonds. The van der Waals surface area contributed by atoms with E-state index in [9.17, 15) is 9.59 Å². The first-order valence-electron chi connectivity index (χ1n) is 10.6. The van der Waals surface area contributed by atoms with Crippen molar-refractivity contribution in [2.24, 2.45) is 0 Å². The molecular weight excluding hydrogens is 452 g/mol. The van der Waals surface area contributed by atoms with Gasteiger partial charge in [-0.25, -0.2) is 14.7 Å². The minimum atomic E-state index is -0.360. The molecule has 5 aromatic rings. The lowest BCUT2D eigenvalue weighted by atomic mass is 10.0. The Kier molecular flexibility index (Phi) is 4.67. The number of carbonyl (C=O) groups is 1. The highest BCUT2D eigenvalue weighted by Gasteiger charge is 2.38. The fourth-order valence-corrected chi connectivity index (χ4v) is 6.68. The predicted octanol–water partition coefficient (Wildman–Crippen LogP) is 5.13. The summed E-state index contributed by atoms with van der Waals surface area (Å²) in [6.07, 6.45) is 1.49. The van der Waals surface area contributed by atoms with E-state index in [1.807, 2.05) is 50.2 Å². The third kappa shape index (κ3) is 3.05. The average molecular weight is 473 g/mol. The molecule has 8 heteroatoms. The number of benzene rings is 2. The fraction of sp³-hybridized carbons (Fsp3) is 0.160. The smallest absolute Gasteiger partial charge is 0.281 e. The minimum absolute atomic E-state index is 0.109. The van der Waals surface area contributed by atoms with Gasteiger partial charge in [-0.1, -0.05) is 48.5 Å². The van der Waals surface area contributed by atoms with Crippen molar-refractivity contribution in [3.05, 3.63) is 87.3 Å². The highest BCUT2D eigenvalue weighted by Crippen LogP contribution is 2.45. The van der Waals surface area contributed by atoms with Crippen LogP contribution in [0.1, 0.15) is 21.4 Å². The SMILES string of the molecule is Cc1sc2ncn(N3C(=O)CSC3c3c(-c4ccccc4)[nH]c4ccccc34)c(=O)c2c1C. The number of thiophene rings is 1. The molecule has 2 aromatic carbocycles. The summed E-state index contributed by atoms with van der Waals surface area (Å²) in [4.78, 5) is 36.6. The molecule has 0 bridgehead atoms. The molecule has 1 fully saturated rings. The molecule has 33 heavy (non-hydrogen) atoms. The Labute approximate surface area is 197 Å². The number of carbonyl (C=O) groups excluding carboxylic acids is 1. The van der Waals surface area contributed by atoms with E-state index >= 15 is 0 Å². The molecule has 6 nitrogen and oxygen atoms in total. The Balaban J connectivity index is 1.59. The number of thioether (sulfide) groups is 1. The summed E-state index contributed by atoms with van der Waals surface area (Å²) in [5, 5.41) is 2.85. The number of hydrogen-bond donors (Lipinski definition) is 1. The molecule has 164 valence electrons. The Morgan fingerprint density at radius 3 is 2.61 bits per heavy atom. The van der Waals surface area contributed by atoms with Crippen LogP contribution in [0, 0.1) is 13.8 Å². The van der Waals surface area contributed by atoms with E-state index in [4.69, 9.17) is 0 Å². The van der Waals surface area contributed by atoms with E-state index in [2.05, 4.69) is 28.2 Å². The number of aromatic nitrogens is 3. The van der Waals surface area contributed by atoms with Crippen molar-refractivity contribution in [2.45, 2.75) is 19.2 Å². The molecule has 1 aliphatic heterocycles. The van der Waals surface area contributed by atoms with Crippen LogP contribution in [0.15, 0.2) is 65.7 Å². The summed E-state index contributed by atoms with van der Waals surface area (Å²) in [5.41, 5.74) is 4.71. The summed E-state index contributed by atoms with van der Waals surface area (Å²) in [5.74, 6) is 0.187. The van der Waals surface area contributed by atoms with Crippen LogP contribution >= 0.6 is 23.1 Å². The van der Waals surface area contributed by atoms with E-state index in [0.717, 1.165) is 38.2 Å². The number of aryl methyl sites for hydroxylation is 2. The molecule has 0 aliphatic carbocycles. The van der Waals surface area contributed by atoms with Crippen LogP contribution in [0.2, 0.25) is 0 Å². The second-order valence-corrected chi connectivity index (χ2v) is 10.4. The second kappa shape index (κ2) is 7.60. The Bertz CT molecular complexity index is 1600. The normalized spacial score (nSPS) is 16.4. The Morgan fingerprint density at radius 2 is 1.79 bits per heavy atom. The van der Waals surface area contributed by atoms with Crippen LogP contribution < -0.4 is 10.6 Å². The third-order valence-corrected chi connectivity index (χ3v) is 8.48. The van der Waals surface area contributed by atoms with Crippen LogP contribution in [0.5, 0.6) is 0 Å². The van der Waals surface area contributed by atoms with Crippen molar-refractivity contribution in [2.75, 3.05) is 10.8 Å². The van der Waals surface area contributed by atoms with Gasteiger partial charge in [0.1, 0.15) is 16.5 Å². The quantitative estimate of drug-likeness (QED) is 0.395. The summed E-state index contributed by atoms with van der Waals surface area (Å²) in [7, 11) is 0. The number of amides is 1. The van der Waals surface area contributed by atoms with Crippen LogP contribution in [0.25, 0.3) is 32.4 Å². The Morgan fingerprint density at radius 1 is 1.03 bits per heavy atom. The molecule has 3 aromatic heterocycles. The van der Waals surface area contributed by atoms with Gasteiger partial charge in [-0.2, -0.15) is 0 Å². The van der Waals surface area contributed by atoms with Gasteiger partial charge < -0.3 is 4.98 Å². The van der Waals surface area contributed by atoms with E-state index in [1.165, 1.54) is 34.1 Å².